The maximum atomic E-state index is 15.0. The van der Waals surface area contributed by atoms with Crippen molar-refractivity contribution in [1.82, 2.24) is 0 Å². The Morgan fingerprint density at radius 1 is 0.300 bits per heavy atom. The molecule has 0 saturated carbocycles. The van der Waals surface area contributed by atoms with E-state index in [4.69, 9.17) is 75.8 Å². The van der Waals surface area contributed by atoms with E-state index in [1.807, 2.05) is 91.0 Å². The van der Waals surface area contributed by atoms with E-state index in [0.29, 0.717) is 0 Å². The van der Waals surface area contributed by atoms with Gasteiger partial charge in [0, 0.05) is 13.5 Å². The Kier molecular flexibility index (Phi) is 28.2. The minimum Gasteiger partial charge on any atom is -0.463 e. The Morgan fingerprint density at radius 2 is 0.564 bits per heavy atom. The zero-order chi connectivity index (χ0) is 76.4. The second kappa shape index (κ2) is 39.7. The van der Waals surface area contributed by atoms with Crippen molar-refractivity contribution in [2.24, 2.45) is 0 Å². The van der Waals surface area contributed by atoms with E-state index in [9.17, 15) is 28.8 Å². The number of carbonyl (C=O) groups excluding carboxylic acids is 7. The summed E-state index contributed by atoms with van der Waals surface area (Å²) in [7, 11) is 1.45. The van der Waals surface area contributed by atoms with Crippen LogP contribution in [-0.4, -0.2) is 161 Å². The van der Waals surface area contributed by atoms with Crippen molar-refractivity contribution in [3.8, 4) is 0 Å². The molecule has 3 heterocycles. The molecule has 0 unspecified atom stereocenters. The number of allylic oxidation sites excluding steroid dienone is 1. The van der Waals surface area contributed by atoms with Crippen LogP contribution < -0.4 is 0 Å². The van der Waals surface area contributed by atoms with Gasteiger partial charge in [-0.2, -0.15) is 0 Å². The van der Waals surface area contributed by atoms with E-state index >= 15 is 4.79 Å². The number of carbonyl (C=O) groups is 7. The van der Waals surface area contributed by atoms with Crippen LogP contribution in [0, 0.1) is 0 Å². The topological polar surface area (TPSA) is 267 Å². The third kappa shape index (κ3) is 21.1. The van der Waals surface area contributed by atoms with Crippen LogP contribution in [0.5, 0.6) is 0 Å². The number of benzene rings is 9. The summed E-state index contributed by atoms with van der Waals surface area (Å²) in [4.78, 5) is 102. The number of methoxy groups -OCH3 is 1. The van der Waals surface area contributed by atoms with Crippen molar-refractivity contribution < 1.29 is 109 Å². The maximum Gasteiger partial charge on any atom is 0.338 e. The van der Waals surface area contributed by atoms with Crippen molar-refractivity contribution in [3.63, 3.8) is 0 Å². The Labute approximate surface area is 635 Å². The molecule has 0 N–H and O–H groups in total. The van der Waals surface area contributed by atoms with Crippen molar-refractivity contribution in [3.05, 3.63) is 336 Å². The second-order valence-corrected chi connectivity index (χ2v) is 25.7. The third-order valence-electron chi connectivity index (χ3n) is 18.2. The Balaban J connectivity index is 0.976. The van der Waals surface area contributed by atoms with Gasteiger partial charge < -0.3 is 75.8 Å². The van der Waals surface area contributed by atoms with E-state index in [1.165, 1.54) is 86.0 Å². The molecule has 0 amide bonds. The molecule has 12 rings (SSSR count). The number of hydrogen-bond acceptors (Lipinski definition) is 23. The molecule has 0 spiro atoms. The van der Waals surface area contributed by atoms with Crippen molar-refractivity contribution in [1.29, 1.82) is 0 Å². The molecule has 3 saturated heterocycles. The number of rotatable bonds is 33. The molecule has 9 aromatic rings. The monoisotopic (exact) mass is 1490 g/mol. The van der Waals surface area contributed by atoms with Crippen LogP contribution in [0.2, 0.25) is 0 Å². The van der Waals surface area contributed by atoms with Crippen LogP contribution >= 0.6 is 0 Å². The zero-order valence-corrected chi connectivity index (χ0v) is 60.0. The van der Waals surface area contributed by atoms with Gasteiger partial charge in [0.25, 0.3) is 0 Å². The van der Waals surface area contributed by atoms with Crippen LogP contribution in [0.1, 0.15) is 91.7 Å². The summed E-state index contributed by atoms with van der Waals surface area (Å²) in [6.07, 6.45) is -22.3. The molecule has 0 aromatic heterocycles. The summed E-state index contributed by atoms with van der Waals surface area (Å²) in [5.41, 5.74) is 2.60. The van der Waals surface area contributed by atoms with E-state index < -0.39 is 154 Å². The average molecular weight is 1500 g/mol. The minimum atomic E-state index is -1.97. The van der Waals surface area contributed by atoms with Gasteiger partial charge in [0.2, 0.25) is 0 Å². The molecule has 23 heteroatoms. The van der Waals surface area contributed by atoms with Crippen molar-refractivity contribution >= 4 is 41.8 Å². The molecule has 3 aliphatic heterocycles. The van der Waals surface area contributed by atoms with Gasteiger partial charge in [-0.1, -0.05) is 206 Å². The van der Waals surface area contributed by atoms with Gasteiger partial charge in [-0.25, -0.2) is 28.8 Å². The molecule has 15 atom stereocenters. The lowest BCUT2D eigenvalue weighted by atomic mass is 9.96. The summed E-state index contributed by atoms with van der Waals surface area (Å²) in [6, 6.07) is 75.4. The first-order chi connectivity index (χ1) is 53.9. The Hall–Kier alpha value is -11.4. The SMILES string of the molecule is C=CCCC(=O)OC[C@H]1O[C@@H](OC[C@H]2O[C@@H](OC[C@H]3O[C@H](OC)[C@H](OCc4ccccc4)[C@@H](OCc4ccccc4)[C@@H]3OCc3ccccc3)[C@H](OC(=O)c3ccccc3)[C@@H](OC(=O)c3ccccc3)[C@@H]2OC(=O)c2ccccc2)[C@H](OC(=O)c2ccccc2)[C@@H](OC(=O)c2ccccc2)[C@@H]1OC(=O)c1ccccc1. The first kappa shape index (κ1) is 78.2. The average Bonchev–Trinajstić information content (AvgIpc) is 0.837. The van der Waals surface area contributed by atoms with Gasteiger partial charge in [-0.3, -0.25) is 4.79 Å². The van der Waals surface area contributed by atoms with Crippen LogP contribution in [0.3, 0.4) is 0 Å². The van der Waals surface area contributed by atoms with Crippen LogP contribution in [-0.2, 0) is 100 Å². The molecule has 3 fully saturated rings. The molecule has 0 bridgehead atoms. The smallest absolute Gasteiger partial charge is 0.338 e. The largest absolute Gasteiger partial charge is 0.463 e. The molecule has 0 radical (unpaired) electrons. The summed E-state index contributed by atoms with van der Waals surface area (Å²) in [5, 5.41) is 0. The Morgan fingerprint density at radius 3 is 0.882 bits per heavy atom. The summed E-state index contributed by atoms with van der Waals surface area (Å²) < 4.78 is 106. The third-order valence-corrected chi connectivity index (χ3v) is 18.2. The standard InChI is InChI=1S/C87H82O23/c1-3-4-50-69(88)96-54-67-71(105-79(89)60-38-20-8-21-39-60)74(107-81(91)62-42-24-10-25-43-62)77(109-83(93)64-46-28-12-29-47-64)87(103-67)101-56-68-72(106-80(90)61-40-22-9-23-41-61)75(108-82(92)63-44-26-11-27-45-63)78(110-84(94)65-48-30-13-31-49-65)86(104-68)100-55-66-70(97-51-57-32-14-5-15-33-57)73(98-52-58-34-16-6-17-35-58)76(85(95-2)102-66)99-53-59-36-18-7-19-37-59/h3,5-49,66-68,70-78,85-87H,1,4,50-56H2,2H3/t66-,67-,68-,70-,71-,72-,73+,74+,75+,76-,77-,78-,85+,86-,87-/m1/s1. The lowest BCUT2D eigenvalue weighted by Gasteiger charge is -2.47. The Bertz CT molecular complexity index is 4400. The highest BCUT2D eigenvalue weighted by Crippen LogP contribution is 2.38. The van der Waals surface area contributed by atoms with Gasteiger partial charge >= 0.3 is 41.8 Å². The van der Waals surface area contributed by atoms with Gasteiger partial charge in [0.15, 0.2) is 55.5 Å². The fourth-order valence-corrected chi connectivity index (χ4v) is 12.6. The first-order valence-electron chi connectivity index (χ1n) is 35.9. The fraction of sp³-hybridized carbons (Fsp3) is 0.276. The van der Waals surface area contributed by atoms with E-state index in [-0.39, 0.29) is 66.0 Å². The van der Waals surface area contributed by atoms with Gasteiger partial charge in [-0.15, -0.1) is 6.58 Å². The summed E-state index contributed by atoms with van der Waals surface area (Å²) in [6.45, 7) is 1.86. The highest BCUT2D eigenvalue weighted by molar-refractivity contribution is 5.93. The van der Waals surface area contributed by atoms with Gasteiger partial charge in [0.05, 0.1) is 66.4 Å². The van der Waals surface area contributed by atoms with Crippen LogP contribution in [0.15, 0.2) is 286 Å². The molecule has 9 aromatic carbocycles. The number of esters is 7. The minimum absolute atomic E-state index is 0.00826. The summed E-state index contributed by atoms with van der Waals surface area (Å²) >= 11 is 0. The van der Waals surface area contributed by atoms with Crippen LogP contribution in [0.25, 0.3) is 0 Å². The highest BCUT2D eigenvalue weighted by Gasteiger charge is 2.58. The van der Waals surface area contributed by atoms with Crippen molar-refractivity contribution in [2.75, 3.05) is 26.9 Å². The summed E-state index contributed by atoms with van der Waals surface area (Å²) in [5.74, 6) is -6.60. The van der Waals surface area contributed by atoms with E-state index in [2.05, 4.69) is 6.58 Å². The first-order valence-corrected chi connectivity index (χ1v) is 35.9. The molecule has 568 valence electrons. The van der Waals surface area contributed by atoms with Gasteiger partial charge in [0.1, 0.15) is 43.2 Å². The lowest BCUT2D eigenvalue weighted by Crippen LogP contribution is -2.65. The van der Waals surface area contributed by atoms with Crippen LogP contribution in [0.4, 0.5) is 0 Å². The quantitative estimate of drug-likeness (QED) is 0.0210. The predicted octanol–water partition coefficient (Wildman–Crippen LogP) is 12.5. The van der Waals surface area contributed by atoms with E-state index in [0.717, 1.165) is 16.7 Å². The molecule has 3 aliphatic rings. The zero-order valence-electron chi connectivity index (χ0n) is 60.0. The fourth-order valence-electron chi connectivity index (χ4n) is 12.6. The molecule has 23 nitrogen and oxygen atoms in total. The number of hydrogen-bond donors (Lipinski definition) is 0. The molecule has 110 heavy (non-hydrogen) atoms. The normalized spacial score (nSPS) is 23.6. The maximum absolute atomic E-state index is 15.0. The van der Waals surface area contributed by atoms with Crippen molar-refractivity contribution in [2.45, 2.75) is 125 Å². The highest BCUT2D eigenvalue weighted by atomic mass is 16.8. The van der Waals surface area contributed by atoms with E-state index in [1.54, 1.807) is 109 Å². The molecular formula is C87H82O23. The number of ether oxygens (including phenoxy) is 16. The second-order valence-electron chi connectivity index (χ2n) is 25.7. The molecule has 0 aliphatic carbocycles. The molecular weight excluding hydrogens is 1410 g/mol. The lowest BCUT2D eigenvalue weighted by molar-refractivity contribution is -0.346. The van der Waals surface area contributed by atoms with Gasteiger partial charge in [-0.05, 0) is 95.9 Å². The predicted molar refractivity (Wildman–Crippen MR) is 394 cm³/mol.